The molecule has 0 bridgehead atoms. The second-order valence-electron chi connectivity index (χ2n) is 10.0. The van der Waals surface area contributed by atoms with Crippen LogP contribution < -0.4 is 15.8 Å². The van der Waals surface area contributed by atoms with Gasteiger partial charge in [0, 0.05) is 57.6 Å². The van der Waals surface area contributed by atoms with Crippen LogP contribution in [0.4, 0.5) is 42.6 Å². The number of urea groups is 1. The Morgan fingerprint density at radius 2 is 1.78 bits per heavy atom. The number of alkyl halides is 6. The number of ether oxygens (including phenoxy) is 1. The number of rotatable bonds is 10. The lowest BCUT2D eigenvalue weighted by molar-refractivity contribution is -0.138. The smallest absolute Gasteiger partial charge is 0.379 e. The third-order valence-electron chi connectivity index (χ3n) is 7.06. The van der Waals surface area contributed by atoms with Crippen molar-refractivity contribution < 1.29 is 35.9 Å². The maximum atomic E-state index is 13.2. The number of piperidine rings is 1. The molecular weight excluding hydrogens is 560 g/mol. The van der Waals surface area contributed by atoms with Gasteiger partial charge in [-0.2, -0.15) is 31.4 Å². The van der Waals surface area contributed by atoms with E-state index in [0.717, 1.165) is 18.5 Å². The van der Waals surface area contributed by atoms with Gasteiger partial charge in [0.1, 0.15) is 11.4 Å². The SMILES string of the molecule is CC(COCCCN1CCN(C2CCN(c3ccc(C(F)(F)F)cn3)CC2)C1=O)Nc1cn[nH]c(=O)c1C(F)(F)F. The van der Waals surface area contributed by atoms with Crippen molar-refractivity contribution in [1.29, 1.82) is 0 Å². The standard InChI is InChI=1S/C25H31F6N7O3/c1-16(34-19-14-33-35-22(39)21(19)25(29,30)31)15-41-12-2-7-37-10-11-38(23(37)40)18-5-8-36(9-6-18)20-4-3-17(13-32-20)24(26,27)28/h3-4,13-14,16,18H,2,5-12,15H2,1H3,(H2,34,35,39). The Kier molecular flexibility index (Phi) is 9.29. The number of pyridine rings is 1. The first kappa shape index (κ1) is 30.4. The molecule has 2 fully saturated rings. The first-order valence-corrected chi connectivity index (χ1v) is 13.2. The van der Waals surface area contributed by atoms with Crippen molar-refractivity contribution in [1.82, 2.24) is 25.0 Å². The number of nitrogens with zero attached hydrogens (tertiary/aromatic N) is 5. The molecule has 4 rings (SSSR count). The van der Waals surface area contributed by atoms with Gasteiger partial charge < -0.3 is 24.8 Å². The van der Waals surface area contributed by atoms with Gasteiger partial charge in [-0.15, -0.1) is 0 Å². The summed E-state index contributed by atoms with van der Waals surface area (Å²) in [5.74, 6) is 0.477. The topological polar surface area (TPSA) is 107 Å². The molecule has 0 radical (unpaired) electrons. The number of aromatic amines is 1. The molecule has 2 aromatic rings. The van der Waals surface area contributed by atoms with Crippen LogP contribution in [0.15, 0.2) is 29.3 Å². The maximum Gasteiger partial charge on any atom is 0.423 e. The fraction of sp³-hybridized carbons (Fsp3) is 0.600. The summed E-state index contributed by atoms with van der Waals surface area (Å²) < 4.78 is 83.5. The fourth-order valence-electron chi connectivity index (χ4n) is 5.01. The van der Waals surface area contributed by atoms with Gasteiger partial charge in [0.25, 0.3) is 5.56 Å². The Bertz CT molecular complexity index is 1230. The third-order valence-corrected chi connectivity index (χ3v) is 7.06. The number of anilines is 2. The molecule has 2 aliphatic rings. The van der Waals surface area contributed by atoms with E-state index in [-0.39, 0.29) is 25.3 Å². The van der Waals surface area contributed by atoms with Crippen molar-refractivity contribution in [3.8, 4) is 0 Å². The van der Waals surface area contributed by atoms with Gasteiger partial charge in [-0.3, -0.25) is 4.79 Å². The molecule has 0 saturated carbocycles. The predicted octanol–water partition coefficient (Wildman–Crippen LogP) is 3.82. The summed E-state index contributed by atoms with van der Waals surface area (Å²) in [6.07, 6.45) is -5.65. The van der Waals surface area contributed by atoms with Crippen molar-refractivity contribution in [2.45, 2.75) is 50.6 Å². The molecule has 0 aliphatic carbocycles. The maximum absolute atomic E-state index is 13.2. The van der Waals surface area contributed by atoms with Gasteiger partial charge in [0.05, 0.1) is 24.1 Å². The van der Waals surface area contributed by atoms with Gasteiger partial charge in [-0.25, -0.2) is 14.9 Å². The Morgan fingerprint density at radius 1 is 1.05 bits per heavy atom. The molecule has 4 heterocycles. The fourth-order valence-corrected chi connectivity index (χ4v) is 5.01. The Labute approximate surface area is 231 Å². The zero-order valence-electron chi connectivity index (χ0n) is 22.3. The molecule has 2 aliphatic heterocycles. The molecular formula is C25H31F6N7O3. The van der Waals surface area contributed by atoms with Gasteiger partial charge in [-0.1, -0.05) is 0 Å². The zero-order valence-corrected chi connectivity index (χ0v) is 22.3. The molecule has 16 heteroatoms. The van der Waals surface area contributed by atoms with E-state index in [0.29, 0.717) is 57.8 Å². The number of halogens is 6. The van der Waals surface area contributed by atoms with E-state index in [1.807, 2.05) is 9.80 Å². The summed E-state index contributed by atoms with van der Waals surface area (Å²) in [6, 6.07) is 1.80. The van der Waals surface area contributed by atoms with Crippen LogP contribution in [0.2, 0.25) is 0 Å². The first-order chi connectivity index (χ1) is 19.3. The molecule has 1 atom stereocenters. The molecule has 1 unspecified atom stereocenters. The highest BCUT2D eigenvalue weighted by Gasteiger charge is 2.38. The minimum atomic E-state index is -4.84. The second-order valence-corrected chi connectivity index (χ2v) is 10.0. The van der Waals surface area contributed by atoms with E-state index in [2.05, 4.69) is 15.4 Å². The number of carbonyl (C=O) groups is 1. The van der Waals surface area contributed by atoms with Crippen LogP contribution >= 0.6 is 0 Å². The number of carbonyl (C=O) groups excluding carboxylic acids is 1. The summed E-state index contributed by atoms with van der Waals surface area (Å²) in [7, 11) is 0. The van der Waals surface area contributed by atoms with Crippen molar-refractivity contribution in [3.63, 3.8) is 0 Å². The van der Waals surface area contributed by atoms with E-state index in [4.69, 9.17) is 4.74 Å². The summed E-state index contributed by atoms with van der Waals surface area (Å²) >= 11 is 0. The third kappa shape index (κ3) is 7.59. The molecule has 2 saturated heterocycles. The Balaban J connectivity index is 1.16. The van der Waals surface area contributed by atoms with Crippen molar-refractivity contribution in [3.05, 3.63) is 46.0 Å². The van der Waals surface area contributed by atoms with Crippen LogP contribution in [0.5, 0.6) is 0 Å². The van der Waals surface area contributed by atoms with Crippen molar-refractivity contribution >= 4 is 17.5 Å². The van der Waals surface area contributed by atoms with Gasteiger partial charge in [0.15, 0.2) is 0 Å². The summed E-state index contributed by atoms with van der Waals surface area (Å²) in [5.41, 5.74) is -3.90. The van der Waals surface area contributed by atoms with Crippen LogP contribution in [-0.2, 0) is 17.1 Å². The minimum absolute atomic E-state index is 0.0303. The van der Waals surface area contributed by atoms with Crippen molar-refractivity contribution in [2.24, 2.45) is 0 Å². The monoisotopic (exact) mass is 591 g/mol. The molecule has 2 N–H and O–H groups in total. The number of nitrogens with one attached hydrogen (secondary N) is 2. The molecule has 0 spiro atoms. The van der Waals surface area contributed by atoms with E-state index < -0.39 is 40.8 Å². The van der Waals surface area contributed by atoms with Crippen molar-refractivity contribution in [2.75, 3.05) is 56.2 Å². The Hall–Kier alpha value is -3.56. The highest BCUT2D eigenvalue weighted by Crippen LogP contribution is 2.32. The highest BCUT2D eigenvalue weighted by molar-refractivity contribution is 5.77. The quantitative estimate of drug-likeness (QED) is 0.320. The van der Waals surface area contributed by atoms with Crippen LogP contribution in [0.1, 0.15) is 37.3 Å². The van der Waals surface area contributed by atoms with Crippen LogP contribution in [0.3, 0.4) is 0 Å². The first-order valence-electron chi connectivity index (χ1n) is 13.2. The lowest BCUT2D eigenvalue weighted by Crippen LogP contribution is -2.47. The number of hydrogen-bond donors (Lipinski definition) is 2. The summed E-state index contributed by atoms with van der Waals surface area (Å²) in [4.78, 5) is 34.0. The van der Waals surface area contributed by atoms with Crippen LogP contribution in [0.25, 0.3) is 0 Å². The van der Waals surface area contributed by atoms with Gasteiger partial charge >= 0.3 is 18.4 Å². The predicted molar refractivity (Wildman–Crippen MR) is 137 cm³/mol. The number of aromatic nitrogens is 3. The van der Waals surface area contributed by atoms with E-state index in [1.165, 1.54) is 6.07 Å². The highest BCUT2D eigenvalue weighted by atomic mass is 19.4. The number of hydrogen-bond acceptors (Lipinski definition) is 7. The molecule has 226 valence electrons. The largest absolute Gasteiger partial charge is 0.423 e. The molecule has 41 heavy (non-hydrogen) atoms. The molecule has 2 amide bonds. The summed E-state index contributed by atoms with van der Waals surface area (Å²) in [6.45, 7) is 4.73. The van der Waals surface area contributed by atoms with Crippen LogP contribution in [0, 0.1) is 0 Å². The van der Waals surface area contributed by atoms with Crippen LogP contribution in [-0.4, -0.2) is 89.0 Å². The molecule has 2 aromatic heterocycles. The average molecular weight is 592 g/mol. The zero-order chi connectivity index (χ0) is 29.8. The lowest BCUT2D eigenvalue weighted by atomic mass is 10.0. The summed E-state index contributed by atoms with van der Waals surface area (Å²) in [5, 5.41) is 7.81. The van der Waals surface area contributed by atoms with E-state index >= 15 is 0 Å². The average Bonchev–Trinajstić information content (AvgIpc) is 3.27. The van der Waals surface area contributed by atoms with Gasteiger partial charge in [0.2, 0.25) is 0 Å². The minimum Gasteiger partial charge on any atom is -0.379 e. The van der Waals surface area contributed by atoms with E-state index in [1.54, 1.807) is 16.9 Å². The second kappa shape index (κ2) is 12.5. The number of H-pyrrole nitrogens is 1. The molecule has 10 nitrogen and oxygen atoms in total. The number of amides is 2. The molecule has 0 aromatic carbocycles. The van der Waals surface area contributed by atoms with E-state index in [9.17, 15) is 35.9 Å². The Morgan fingerprint density at radius 3 is 2.41 bits per heavy atom. The lowest BCUT2D eigenvalue weighted by Gasteiger charge is -2.37. The normalized spacial score (nSPS) is 17.8. The van der Waals surface area contributed by atoms with Gasteiger partial charge in [-0.05, 0) is 38.3 Å².